The molecule has 0 amide bonds. The molecule has 1 radical (unpaired) electrons. The molecule has 0 saturated heterocycles. The maximum atomic E-state index is 5.64. The van der Waals surface area contributed by atoms with Crippen LogP contribution in [0.15, 0.2) is 48.5 Å². The van der Waals surface area contributed by atoms with Gasteiger partial charge in [-0.1, -0.05) is 24.3 Å². The number of methoxy groups -OCH3 is 1. The first-order chi connectivity index (χ1) is 7.40. The van der Waals surface area contributed by atoms with Crippen molar-refractivity contribution in [3.63, 3.8) is 0 Å². The highest BCUT2D eigenvalue weighted by atomic mass is 16.5. The molecule has 0 aliphatic heterocycles. The Bertz CT molecular complexity index is 424. The Hall–Kier alpha value is -1.96. The van der Waals surface area contributed by atoms with E-state index in [0.717, 1.165) is 11.5 Å². The second kappa shape index (κ2) is 4.51. The Morgan fingerprint density at radius 1 is 1.00 bits per heavy atom. The van der Waals surface area contributed by atoms with Crippen molar-refractivity contribution in [2.45, 2.75) is 0 Å². The second-order valence-electron chi connectivity index (χ2n) is 2.99. The van der Waals surface area contributed by atoms with Crippen LogP contribution >= 0.6 is 0 Å². The maximum Gasteiger partial charge on any atom is 0.169 e. The van der Waals surface area contributed by atoms with Crippen molar-refractivity contribution in [1.82, 2.24) is 0 Å². The van der Waals surface area contributed by atoms with E-state index in [9.17, 15) is 0 Å². The zero-order valence-electron chi connectivity index (χ0n) is 8.44. The highest BCUT2D eigenvalue weighted by molar-refractivity contribution is 5.42. The average molecular weight is 199 g/mol. The van der Waals surface area contributed by atoms with Crippen LogP contribution in [-0.2, 0) is 0 Å². The summed E-state index contributed by atoms with van der Waals surface area (Å²) in [6.07, 6.45) is 0. The molecule has 0 bridgehead atoms. The van der Waals surface area contributed by atoms with Crippen LogP contribution < -0.4 is 9.47 Å². The van der Waals surface area contributed by atoms with Gasteiger partial charge in [0.15, 0.2) is 11.5 Å². The van der Waals surface area contributed by atoms with Crippen molar-refractivity contribution >= 4 is 0 Å². The Kier molecular flexibility index (Phi) is 2.88. The molecule has 0 fully saturated rings. The Morgan fingerprint density at radius 3 is 2.47 bits per heavy atom. The number of para-hydroxylation sites is 2. The van der Waals surface area contributed by atoms with E-state index < -0.39 is 0 Å². The third-order valence-corrected chi connectivity index (χ3v) is 1.98. The summed E-state index contributed by atoms with van der Waals surface area (Å²) < 4.78 is 10.8. The molecule has 0 aliphatic carbocycles. The van der Waals surface area contributed by atoms with E-state index in [-0.39, 0.29) is 0 Å². The highest BCUT2D eigenvalue weighted by Crippen LogP contribution is 2.30. The van der Waals surface area contributed by atoms with Crippen LogP contribution in [0.25, 0.3) is 0 Å². The smallest absolute Gasteiger partial charge is 0.169 e. The lowest BCUT2D eigenvalue weighted by atomic mass is 10.3. The van der Waals surface area contributed by atoms with Gasteiger partial charge in [-0.25, -0.2) is 0 Å². The topological polar surface area (TPSA) is 18.5 Å². The third kappa shape index (κ3) is 2.29. The van der Waals surface area contributed by atoms with Crippen molar-refractivity contribution in [2.75, 3.05) is 7.11 Å². The molecule has 2 aromatic carbocycles. The lowest BCUT2D eigenvalue weighted by molar-refractivity contribution is 0.379. The van der Waals surface area contributed by atoms with Crippen LogP contribution in [0.3, 0.4) is 0 Å². The summed E-state index contributed by atoms with van der Waals surface area (Å²) in [6.45, 7) is 0. The van der Waals surface area contributed by atoms with Crippen molar-refractivity contribution in [1.29, 1.82) is 0 Å². The summed E-state index contributed by atoms with van der Waals surface area (Å²) in [5.74, 6) is 2.18. The van der Waals surface area contributed by atoms with Crippen molar-refractivity contribution < 1.29 is 9.47 Å². The predicted octanol–water partition coefficient (Wildman–Crippen LogP) is 3.29. The molecule has 2 rings (SSSR count). The zero-order chi connectivity index (χ0) is 10.5. The third-order valence-electron chi connectivity index (χ3n) is 1.98. The van der Waals surface area contributed by atoms with Gasteiger partial charge in [-0.15, -0.1) is 0 Å². The first-order valence-electron chi connectivity index (χ1n) is 4.67. The monoisotopic (exact) mass is 199 g/mol. The van der Waals surface area contributed by atoms with E-state index in [1.807, 2.05) is 42.5 Å². The van der Waals surface area contributed by atoms with Gasteiger partial charge in [-0.2, -0.15) is 0 Å². The van der Waals surface area contributed by atoms with Gasteiger partial charge in [-0.05, 0) is 30.3 Å². The Morgan fingerprint density at radius 2 is 1.80 bits per heavy atom. The van der Waals surface area contributed by atoms with Crippen LogP contribution in [0.2, 0.25) is 0 Å². The minimum atomic E-state index is 0.708. The molecule has 15 heavy (non-hydrogen) atoms. The molecule has 2 aromatic rings. The molecule has 75 valence electrons. The fraction of sp³-hybridized carbons (Fsp3) is 0.0769. The van der Waals surface area contributed by atoms with Gasteiger partial charge >= 0.3 is 0 Å². The molecule has 0 unspecified atom stereocenters. The number of ether oxygens (including phenoxy) is 2. The SMILES string of the molecule is COc1ccccc1Oc1c[c]ccc1. The number of hydrogen-bond acceptors (Lipinski definition) is 2. The number of hydrogen-bond donors (Lipinski definition) is 0. The van der Waals surface area contributed by atoms with Gasteiger partial charge in [0.05, 0.1) is 7.11 Å². The summed E-state index contributed by atoms with van der Waals surface area (Å²) >= 11 is 0. The summed E-state index contributed by atoms with van der Waals surface area (Å²) in [6, 6.07) is 17.9. The second-order valence-corrected chi connectivity index (χ2v) is 2.99. The quantitative estimate of drug-likeness (QED) is 0.755. The van der Waals surface area contributed by atoms with Crippen molar-refractivity contribution in [3.05, 3.63) is 54.6 Å². The standard InChI is InChI=1S/C13H11O2/c1-14-12-9-5-6-10-13(12)15-11-7-3-2-4-8-11/h2-3,5-10H,1H3. The van der Waals surface area contributed by atoms with Crippen molar-refractivity contribution in [2.24, 2.45) is 0 Å². The van der Waals surface area contributed by atoms with E-state index >= 15 is 0 Å². The van der Waals surface area contributed by atoms with Crippen LogP contribution in [-0.4, -0.2) is 7.11 Å². The van der Waals surface area contributed by atoms with E-state index in [1.165, 1.54) is 0 Å². The molecular formula is C13H11O2. The molecular weight excluding hydrogens is 188 g/mol. The van der Waals surface area contributed by atoms with Crippen LogP contribution in [0, 0.1) is 6.07 Å². The predicted molar refractivity (Wildman–Crippen MR) is 58.3 cm³/mol. The number of benzene rings is 2. The van der Waals surface area contributed by atoms with Gasteiger partial charge < -0.3 is 9.47 Å². The molecule has 0 aliphatic rings. The normalized spacial score (nSPS) is 9.67. The van der Waals surface area contributed by atoms with Gasteiger partial charge in [-0.3, -0.25) is 0 Å². The molecule has 0 spiro atoms. The lowest BCUT2D eigenvalue weighted by Crippen LogP contribution is -1.89. The Balaban J connectivity index is 2.24. The van der Waals surface area contributed by atoms with E-state index in [0.29, 0.717) is 5.75 Å². The van der Waals surface area contributed by atoms with Gasteiger partial charge in [0, 0.05) is 0 Å². The minimum absolute atomic E-state index is 0.708. The minimum Gasteiger partial charge on any atom is -0.493 e. The molecule has 0 N–H and O–H groups in total. The zero-order valence-corrected chi connectivity index (χ0v) is 8.44. The molecule has 0 saturated carbocycles. The fourth-order valence-electron chi connectivity index (χ4n) is 1.27. The molecule has 0 heterocycles. The fourth-order valence-corrected chi connectivity index (χ4v) is 1.27. The van der Waals surface area contributed by atoms with Gasteiger partial charge in [0.2, 0.25) is 0 Å². The van der Waals surface area contributed by atoms with Gasteiger partial charge in [0.25, 0.3) is 0 Å². The van der Waals surface area contributed by atoms with Crippen LogP contribution in [0.5, 0.6) is 17.2 Å². The molecule has 2 nitrogen and oxygen atoms in total. The highest BCUT2D eigenvalue weighted by Gasteiger charge is 2.02. The van der Waals surface area contributed by atoms with Crippen molar-refractivity contribution in [3.8, 4) is 17.2 Å². The van der Waals surface area contributed by atoms with Crippen LogP contribution in [0.4, 0.5) is 0 Å². The maximum absolute atomic E-state index is 5.64. The Labute approximate surface area is 89.1 Å². The lowest BCUT2D eigenvalue weighted by Gasteiger charge is -2.09. The summed E-state index contributed by atoms with van der Waals surface area (Å²) in [4.78, 5) is 0. The summed E-state index contributed by atoms with van der Waals surface area (Å²) in [7, 11) is 1.62. The molecule has 2 heteroatoms. The molecule has 0 atom stereocenters. The van der Waals surface area contributed by atoms with Crippen LogP contribution in [0.1, 0.15) is 0 Å². The first-order valence-corrected chi connectivity index (χ1v) is 4.67. The van der Waals surface area contributed by atoms with E-state index in [4.69, 9.17) is 9.47 Å². The van der Waals surface area contributed by atoms with E-state index in [1.54, 1.807) is 13.2 Å². The van der Waals surface area contributed by atoms with Gasteiger partial charge in [0.1, 0.15) is 5.75 Å². The average Bonchev–Trinajstić information content (AvgIpc) is 2.31. The van der Waals surface area contributed by atoms with E-state index in [2.05, 4.69) is 6.07 Å². The summed E-state index contributed by atoms with van der Waals surface area (Å²) in [5, 5.41) is 0. The largest absolute Gasteiger partial charge is 0.493 e. The summed E-state index contributed by atoms with van der Waals surface area (Å²) in [5.41, 5.74) is 0. The first kappa shape index (κ1) is 9.59. The number of rotatable bonds is 3. The molecule has 0 aromatic heterocycles.